The van der Waals surface area contributed by atoms with E-state index < -0.39 is 28.5 Å². The number of carbonyl (C=O) groups excluding carboxylic acids is 2. The molecule has 0 aliphatic heterocycles. The van der Waals surface area contributed by atoms with Crippen LogP contribution in [0.1, 0.15) is 36.1 Å². The molecule has 2 amide bonds. The van der Waals surface area contributed by atoms with Crippen molar-refractivity contribution in [3.05, 3.63) is 99.5 Å². The zero-order chi connectivity index (χ0) is 29.4. The highest BCUT2D eigenvalue weighted by Crippen LogP contribution is 2.23. The summed E-state index contributed by atoms with van der Waals surface area (Å²) in [5.74, 6) is -0.525. The summed E-state index contributed by atoms with van der Waals surface area (Å²) in [5, 5.41) is 2.99. The molecule has 7 nitrogen and oxygen atoms in total. The lowest BCUT2D eigenvalue weighted by Gasteiger charge is -2.33. The number of anilines is 1. The highest BCUT2D eigenvalue weighted by atomic mass is 79.9. The standard InChI is InChI=1S/C31H38BrN3O4S/c1-22(2)19-33-31(37)29(18-25-10-7-6-8-11-25)34(20-26-12-9-13-27(32)17-26)30(36)21-35(40(5,38)39)28-15-14-23(3)24(4)16-28/h6-17,22,29H,18-21H2,1-5H3,(H,33,37)/t29-/m0/s1. The average molecular weight is 629 g/mol. The molecular weight excluding hydrogens is 590 g/mol. The summed E-state index contributed by atoms with van der Waals surface area (Å²) in [6, 6.07) is 21.5. The molecule has 214 valence electrons. The number of nitrogens with one attached hydrogen (secondary N) is 1. The third-order valence-electron chi connectivity index (χ3n) is 6.66. The first kappa shape index (κ1) is 31.4. The average Bonchev–Trinajstić information content (AvgIpc) is 2.89. The summed E-state index contributed by atoms with van der Waals surface area (Å²) in [4.78, 5) is 29.3. The van der Waals surface area contributed by atoms with Gasteiger partial charge in [-0.25, -0.2) is 8.42 Å². The van der Waals surface area contributed by atoms with Gasteiger partial charge in [0.25, 0.3) is 0 Å². The number of benzene rings is 3. The second-order valence-corrected chi connectivity index (χ2v) is 13.4. The fraction of sp³-hybridized carbons (Fsp3) is 0.355. The molecule has 0 fully saturated rings. The maximum absolute atomic E-state index is 14.1. The first-order chi connectivity index (χ1) is 18.8. The fourth-order valence-corrected chi connectivity index (χ4v) is 5.59. The topological polar surface area (TPSA) is 86.8 Å². The van der Waals surface area contributed by atoms with Gasteiger partial charge in [0.1, 0.15) is 12.6 Å². The molecule has 0 spiro atoms. The highest BCUT2D eigenvalue weighted by molar-refractivity contribution is 9.10. The van der Waals surface area contributed by atoms with Gasteiger partial charge >= 0.3 is 0 Å². The molecule has 1 N–H and O–H groups in total. The fourth-order valence-electron chi connectivity index (χ4n) is 4.30. The van der Waals surface area contributed by atoms with Crippen LogP contribution in [0.3, 0.4) is 0 Å². The number of amides is 2. The number of hydrogen-bond donors (Lipinski definition) is 1. The van der Waals surface area contributed by atoms with Crippen molar-refractivity contribution in [1.82, 2.24) is 10.2 Å². The van der Waals surface area contributed by atoms with Crippen LogP contribution in [0.2, 0.25) is 0 Å². The first-order valence-corrected chi connectivity index (χ1v) is 15.9. The van der Waals surface area contributed by atoms with Gasteiger partial charge in [0.15, 0.2) is 0 Å². The molecule has 0 saturated heterocycles. The summed E-state index contributed by atoms with van der Waals surface area (Å²) in [7, 11) is -3.80. The van der Waals surface area contributed by atoms with Gasteiger partial charge in [-0.05, 0) is 66.3 Å². The van der Waals surface area contributed by atoms with Gasteiger partial charge in [-0.3, -0.25) is 13.9 Å². The van der Waals surface area contributed by atoms with Crippen LogP contribution < -0.4 is 9.62 Å². The normalized spacial score (nSPS) is 12.2. The largest absolute Gasteiger partial charge is 0.354 e. The first-order valence-electron chi connectivity index (χ1n) is 13.3. The molecule has 0 saturated carbocycles. The zero-order valence-corrected chi connectivity index (χ0v) is 26.1. The van der Waals surface area contributed by atoms with Crippen LogP contribution >= 0.6 is 15.9 Å². The van der Waals surface area contributed by atoms with Crippen LogP contribution in [0.5, 0.6) is 0 Å². The predicted octanol–water partition coefficient (Wildman–Crippen LogP) is 5.24. The van der Waals surface area contributed by atoms with Crippen molar-refractivity contribution in [2.45, 2.75) is 46.7 Å². The van der Waals surface area contributed by atoms with E-state index in [9.17, 15) is 18.0 Å². The van der Waals surface area contributed by atoms with Crippen molar-refractivity contribution in [1.29, 1.82) is 0 Å². The Labute approximate surface area is 246 Å². The van der Waals surface area contributed by atoms with Crippen LogP contribution in [0.15, 0.2) is 77.3 Å². The second kappa shape index (κ2) is 13.9. The van der Waals surface area contributed by atoms with Gasteiger partial charge in [0.05, 0.1) is 11.9 Å². The predicted molar refractivity (Wildman–Crippen MR) is 165 cm³/mol. The smallest absolute Gasteiger partial charge is 0.244 e. The minimum absolute atomic E-state index is 0.134. The Morgan fingerprint density at radius 1 is 0.900 bits per heavy atom. The van der Waals surface area contributed by atoms with Crippen LogP contribution in [0.4, 0.5) is 5.69 Å². The van der Waals surface area contributed by atoms with Crippen LogP contribution in [-0.2, 0) is 32.6 Å². The van der Waals surface area contributed by atoms with E-state index in [1.165, 1.54) is 4.90 Å². The Hall–Kier alpha value is -3.17. The molecule has 3 aromatic carbocycles. The van der Waals surface area contributed by atoms with Gasteiger partial charge in [-0.1, -0.05) is 78.3 Å². The number of aryl methyl sites for hydroxylation is 2. The van der Waals surface area contributed by atoms with E-state index in [-0.39, 0.29) is 24.8 Å². The lowest BCUT2D eigenvalue weighted by molar-refractivity contribution is -0.140. The molecule has 0 aliphatic carbocycles. The third kappa shape index (κ3) is 8.93. The second-order valence-electron chi connectivity index (χ2n) is 10.5. The van der Waals surface area contributed by atoms with Crippen molar-refractivity contribution in [2.24, 2.45) is 5.92 Å². The Morgan fingerprint density at radius 3 is 2.17 bits per heavy atom. The van der Waals surface area contributed by atoms with Crippen molar-refractivity contribution in [3.63, 3.8) is 0 Å². The van der Waals surface area contributed by atoms with Crippen molar-refractivity contribution < 1.29 is 18.0 Å². The minimum atomic E-state index is -3.80. The molecule has 0 aromatic heterocycles. The van der Waals surface area contributed by atoms with E-state index in [1.54, 1.807) is 12.1 Å². The third-order valence-corrected chi connectivity index (χ3v) is 8.29. The molecule has 0 bridgehead atoms. The van der Waals surface area contributed by atoms with E-state index in [2.05, 4.69) is 21.2 Å². The number of carbonyl (C=O) groups is 2. The molecule has 0 unspecified atom stereocenters. The van der Waals surface area contributed by atoms with Crippen molar-refractivity contribution in [2.75, 3.05) is 23.7 Å². The quantitative estimate of drug-likeness (QED) is 0.297. The van der Waals surface area contributed by atoms with Crippen molar-refractivity contribution in [3.8, 4) is 0 Å². The lowest BCUT2D eigenvalue weighted by Crippen LogP contribution is -2.53. The van der Waals surface area contributed by atoms with E-state index in [4.69, 9.17) is 0 Å². The van der Waals surface area contributed by atoms with E-state index in [1.807, 2.05) is 88.4 Å². The summed E-state index contributed by atoms with van der Waals surface area (Å²) in [6.07, 6.45) is 1.37. The van der Waals surface area contributed by atoms with Gasteiger partial charge in [-0.15, -0.1) is 0 Å². The molecule has 0 heterocycles. The monoisotopic (exact) mass is 627 g/mol. The van der Waals surface area contributed by atoms with Gasteiger partial charge in [0, 0.05) is 24.0 Å². The molecule has 3 rings (SSSR count). The van der Waals surface area contributed by atoms with Crippen LogP contribution in [0, 0.1) is 19.8 Å². The van der Waals surface area contributed by atoms with E-state index in [0.29, 0.717) is 12.2 Å². The molecule has 3 aromatic rings. The molecule has 9 heteroatoms. The number of hydrogen-bond acceptors (Lipinski definition) is 4. The molecule has 0 aliphatic rings. The maximum atomic E-state index is 14.1. The maximum Gasteiger partial charge on any atom is 0.244 e. The van der Waals surface area contributed by atoms with E-state index in [0.717, 1.165) is 37.3 Å². The Morgan fingerprint density at radius 2 is 1.57 bits per heavy atom. The van der Waals surface area contributed by atoms with Crippen LogP contribution in [-0.4, -0.2) is 50.5 Å². The summed E-state index contributed by atoms with van der Waals surface area (Å²) < 4.78 is 27.8. The Bertz CT molecular complexity index is 1430. The van der Waals surface area contributed by atoms with Crippen LogP contribution in [0.25, 0.3) is 0 Å². The molecule has 40 heavy (non-hydrogen) atoms. The number of rotatable bonds is 12. The number of halogens is 1. The van der Waals surface area contributed by atoms with Gasteiger partial charge in [-0.2, -0.15) is 0 Å². The zero-order valence-electron chi connectivity index (χ0n) is 23.7. The van der Waals surface area contributed by atoms with Gasteiger partial charge < -0.3 is 10.2 Å². The summed E-state index contributed by atoms with van der Waals surface area (Å²) in [6.45, 7) is 8.01. The van der Waals surface area contributed by atoms with E-state index >= 15 is 0 Å². The highest BCUT2D eigenvalue weighted by Gasteiger charge is 2.33. The molecule has 0 radical (unpaired) electrons. The number of sulfonamides is 1. The number of nitrogens with zero attached hydrogens (tertiary/aromatic N) is 2. The summed E-state index contributed by atoms with van der Waals surface area (Å²) >= 11 is 3.49. The minimum Gasteiger partial charge on any atom is -0.354 e. The SMILES string of the molecule is Cc1ccc(N(CC(=O)N(Cc2cccc(Br)c2)[C@@H](Cc2ccccc2)C(=O)NCC(C)C)S(C)(=O)=O)cc1C. The Balaban J connectivity index is 2.06. The van der Waals surface area contributed by atoms with Crippen molar-refractivity contribution >= 4 is 43.5 Å². The summed E-state index contributed by atoms with van der Waals surface area (Å²) in [5.41, 5.74) is 4.05. The molecule has 1 atom stereocenters. The van der Waals surface area contributed by atoms with Gasteiger partial charge in [0.2, 0.25) is 21.8 Å². The Kier molecular flexibility index (Phi) is 10.9. The molecular formula is C31H38BrN3O4S. The lowest BCUT2D eigenvalue weighted by atomic mass is 10.0.